The maximum absolute atomic E-state index is 12.1. The van der Waals surface area contributed by atoms with E-state index in [-0.39, 0.29) is 5.92 Å². The first-order valence-corrected chi connectivity index (χ1v) is 7.79. The Balaban J connectivity index is 2.66. The quantitative estimate of drug-likeness (QED) is 0.709. The number of rotatable bonds is 8. The molecule has 0 aromatic heterocycles. The largest absolute Gasteiger partial charge is 0.493 e. The second kappa shape index (κ2) is 9.64. The van der Waals surface area contributed by atoms with E-state index in [0.29, 0.717) is 18.0 Å². The van der Waals surface area contributed by atoms with Crippen LogP contribution in [0.4, 0.5) is 4.79 Å². The molecule has 2 amide bonds. The van der Waals surface area contributed by atoms with Crippen molar-refractivity contribution >= 4 is 12.0 Å². The highest BCUT2D eigenvalue weighted by Gasteiger charge is 2.26. The van der Waals surface area contributed by atoms with Crippen LogP contribution < -0.4 is 20.1 Å². The number of carbonyl (C=O) groups is 2. The van der Waals surface area contributed by atoms with Crippen LogP contribution in [0.1, 0.15) is 25.8 Å². The summed E-state index contributed by atoms with van der Waals surface area (Å²) in [5, 5.41) is 5.38. The third-order valence-electron chi connectivity index (χ3n) is 3.86. The third-order valence-corrected chi connectivity index (χ3v) is 3.86. The monoisotopic (exact) mass is 338 g/mol. The van der Waals surface area contributed by atoms with Crippen molar-refractivity contribution in [2.45, 2.75) is 32.9 Å². The van der Waals surface area contributed by atoms with Gasteiger partial charge in [-0.25, -0.2) is 9.59 Å². The smallest absolute Gasteiger partial charge is 0.328 e. The number of urea groups is 1. The standard InChI is InChI=1S/C17H26N2O5/c1-6-11(2)15(16(20)24-5)19-17(21)18-10-12-7-8-13(22-3)14(9-12)23-4/h7-9,11,15H,6,10H2,1-5H3,(H2,18,19,21)/t11?,15-/m1/s1. The van der Waals surface area contributed by atoms with Crippen molar-refractivity contribution in [2.24, 2.45) is 5.92 Å². The van der Waals surface area contributed by atoms with E-state index in [4.69, 9.17) is 14.2 Å². The Labute approximate surface area is 142 Å². The van der Waals surface area contributed by atoms with Gasteiger partial charge in [0.1, 0.15) is 6.04 Å². The SMILES string of the molecule is CCC(C)[C@@H](NC(=O)NCc1ccc(OC)c(OC)c1)C(=O)OC. The first kappa shape index (κ1) is 19.6. The van der Waals surface area contributed by atoms with Gasteiger partial charge >= 0.3 is 12.0 Å². The minimum atomic E-state index is -0.676. The van der Waals surface area contributed by atoms with Crippen molar-refractivity contribution in [3.63, 3.8) is 0 Å². The van der Waals surface area contributed by atoms with Gasteiger partial charge in [0.25, 0.3) is 0 Å². The molecule has 1 aromatic carbocycles. The molecule has 7 nitrogen and oxygen atoms in total. The molecule has 0 spiro atoms. The summed E-state index contributed by atoms with van der Waals surface area (Å²) in [6.07, 6.45) is 0.746. The fourth-order valence-electron chi connectivity index (χ4n) is 2.16. The second-order valence-corrected chi connectivity index (χ2v) is 5.40. The Morgan fingerprint density at radius 1 is 1.12 bits per heavy atom. The van der Waals surface area contributed by atoms with Gasteiger partial charge < -0.3 is 24.8 Å². The van der Waals surface area contributed by atoms with Crippen LogP contribution in [0.2, 0.25) is 0 Å². The van der Waals surface area contributed by atoms with Crippen LogP contribution >= 0.6 is 0 Å². The maximum Gasteiger partial charge on any atom is 0.328 e. The Kier molecular flexibility index (Phi) is 7.88. The summed E-state index contributed by atoms with van der Waals surface area (Å²) in [5.41, 5.74) is 0.848. The Hall–Kier alpha value is -2.44. The van der Waals surface area contributed by atoms with Gasteiger partial charge in [-0.2, -0.15) is 0 Å². The van der Waals surface area contributed by atoms with Crippen LogP contribution in [0.25, 0.3) is 0 Å². The summed E-state index contributed by atoms with van der Waals surface area (Å²) < 4.78 is 15.1. The number of esters is 1. The molecule has 0 aliphatic carbocycles. The highest BCUT2D eigenvalue weighted by atomic mass is 16.5. The summed E-state index contributed by atoms with van der Waals surface area (Å²) >= 11 is 0. The van der Waals surface area contributed by atoms with E-state index < -0.39 is 18.0 Å². The van der Waals surface area contributed by atoms with E-state index >= 15 is 0 Å². The molecule has 1 rings (SSSR count). The van der Waals surface area contributed by atoms with Crippen LogP contribution in [0.5, 0.6) is 11.5 Å². The molecule has 0 saturated heterocycles. The lowest BCUT2D eigenvalue weighted by Gasteiger charge is -2.22. The molecule has 0 radical (unpaired) electrons. The molecule has 0 fully saturated rings. The molecule has 2 N–H and O–H groups in total. The number of methoxy groups -OCH3 is 3. The van der Waals surface area contributed by atoms with Gasteiger partial charge in [0.2, 0.25) is 0 Å². The molecule has 7 heteroatoms. The molecule has 0 aliphatic heterocycles. The third kappa shape index (κ3) is 5.33. The van der Waals surface area contributed by atoms with Crippen molar-refractivity contribution in [1.29, 1.82) is 0 Å². The summed E-state index contributed by atoms with van der Waals surface area (Å²) in [6.45, 7) is 4.13. The summed E-state index contributed by atoms with van der Waals surface area (Å²) in [4.78, 5) is 23.8. The van der Waals surface area contributed by atoms with Gasteiger partial charge in [-0.15, -0.1) is 0 Å². The molecule has 2 atom stereocenters. The fourth-order valence-corrected chi connectivity index (χ4v) is 2.16. The number of carbonyl (C=O) groups excluding carboxylic acids is 2. The first-order chi connectivity index (χ1) is 11.5. The normalized spacial score (nSPS) is 12.7. The van der Waals surface area contributed by atoms with E-state index in [0.717, 1.165) is 12.0 Å². The van der Waals surface area contributed by atoms with Crippen molar-refractivity contribution in [3.8, 4) is 11.5 Å². The number of nitrogens with one attached hydrogen (secondary N) is 2. The lowest BCUT2D eigenvalue weighted by atomic mass is 9.99. The summed E-state index contributed by atoms with van der Waals surface area (Å²) in [5.74, 6) is 0.729. The molecule has 0 bridgehead atoms. The van der Waals surface area contributed by atoms with Crippen LogP contribution in [0, 0.1) is 5.92 Å². The second-order valence-electron chi connectivity index (χ2n) is 5.40. The van der Waals surface area contributed by atoms with E-state index in [1.807, 2.05) is 19.9 Å². The lowest BCUT2D eigenvalue weighted by Crippen LogP contribution is -2.49. The van der Waals surface area contributed by atoms with Crippen LogP contribution in [-0.4, -0.2) is 39.4 Å². The Bertz CT molecular complexity index is 562. The number of hydrogen-bond donors (Lipinski definition) is 2. The van der Waals surface area contributed by atoms with Crippen molar-refractivity contribution in [2.75, 3.05) is 21.3 Å². The molecular formula is C17H26N2O5. The van der Waals surface area contributed by atoms with Gasteiger partial charge in [-0.05, 0) is 23.6 Å². The Morgan fingerprint density at radius 3 is 2.33 bits per heavy atom. The number of ether oxygens (including phenoxy) is 3. The van der Waals surface area contributed by atoms with E-state index in [1.54, 1.807) is 26.4 Å². The van der Waals surface area contributed by atoms with E-state index in [9.17, 15) is 9.59 Å². The predicted molar refractivity (Wildman–Crippen MR) is 90.2 cm³/mol. The van der Waals surface area contributed by atoms with Crippen molar-refractivity contribution < 1.29 is 23.8 Å². The molecule has 0 saturated carbocycles. The average molecular weight is 338 g/mol. The van der Waals surface area contributed by atoms with Crippen molar-refractivity contribution in [3.05, 3.63) is 23.8 Å². The molecule has 0 aliphatic rings. The highest BCUT2D eigenvalue weighted by molar-refractivity contribution is 5.83. The molecular weight excluding hydrogens is 312 g/mol. The Morgan fingerprint density at radius 2 is 1.79 bits per heavy atom. The molecule has 0 heterocycles. The summed E-state index contributed by atoms with van der Waals surface area (Å²) in [6, 6.07) is 4.27. The average Bonchev–Trinajstić information content (AvgIpc) is 2.62. The molecule has 1 aromatic rings. The zero-order valence-electron chi connectivity index (χ0n) is 14.8. The van der Waals surface area contributed by atoms with Gasteiger partial charge in [0, 0.05) is 6.54 Å². The van der Waals surface area contributed by atoms with E-state index in [2.05, 4.69) is 10.6 Å². The minimum absolute atomic E-state index is 0.0238. The predicted octanol–water partition coefficient (Wildman–Crippen LogP) is 2.09. The van der Waals surface area contributed by atoms with Gasteiger partial charge in [0.15, 0.2) is 11.5 Å². The molecule has 24 heavy (non-hydrogen) atoms. The zero-order valence-corrected chi connectivity index (χ0v) is 14.8. The van der Waals surface area contributed by atoms with Crippen LogP contribution in [0.3, 0.4) is 0 Å². The van der Waals surface area contributed by atoms with E-state index in [1.165, 1.54) is 7.11 Å². The number of hydrogen-bond acceptors (Lipinski definition) is 5. The van der Waals surface area contributed by atoms with Gasteiger partial charge in [0.05, 0.1) is 21.3 Å². The number of amides is 2. The number of benzene rings is 1. The molecule has 1 unspecified atom stereocenters. The van der Waals surface area contributed by atoms with Gasteiger partial charge in [-0.3, -0.25) is 0 Å². The zero-order chi connectivity index (χ0) is 18.1. The minimum Gasteiger partial charge on any atom is -0.493 e. The van der Waals surface area contributed by atoms with Crippen LogP contribution in [-0.2, 0) is 16.1 Å². The molecule has 134 valence electrons. The lowest BCUT2D eigenvalue weighted by molar-refractivity contribution is -0.144. The first-order valence-electron chi connectivity index (χ1n) is 7.79. The highest BCUT2D eigenvalue weighted by Crippen LogP contribution is 2.27. The van der Waals surface area contributed by atoms with Gasteiger partial charge in [-0.1, -0.05) is 26.3 Å². The topological polar surface area (TPSA) is 85.9 Å². The summed E-state index contributed by atoms with van der Waals surface area (Å²) in [7, 11) is 4.42. The van der Waals surface area contributed by atoms with Crippen LogP contribution in [0.15, 0.2) is 18.2 Å². The van der Waals surface area contributed by atoms with Crippen molar-refractivity contribution in [1.82, 2.24) is 10.6 Å². The fraction of sp³-hybridized carbons (Fsp3) is 0.529. The maximum atomic E-state index is 12.1.